The quantitative estimate of drug-likeness (QED) is 0.578. The van der Waals surface area contributed by atoms with Crippen molar-refractivity contribution in [2.75, 3.05) is 19.0 Å². The minimum atomic E-state index is -0.0727. The van der Waals surface area contributed by atoms with Gasteiger partial charge in [0, 0.05) is 18.0 Å². The molecule has 1 fully saturated rings. The van der Waals surface area contributed by atoms with Crippen LogP contribution in [0.4, 0.5) is 0 Å². The maximum Gasteiger partial charge on any atom is 0.179 e. The van der Waals surface area contributed by atoms with Gasteiger partial charge in [0.1, 0.15) is 6.04 Å². The second kappa shape index (κ2) is 8.84. The molecule has 1 saturated heterocycles. The predicted octanol–water partition coefficient (Wildman–Crippen LogP) is 5.51. The molecule has 2 aliphatic rings. The lowest BCUT2D eigenvalue weighted by molar-refractivity contribution is 0.252. The van der Waals surface area contributed by atoms with E-state index in [-0.39, 0.29) is 12.1 Å². The van der Waals surface area contributed by atoms with Crippen LogP contribution in [0.15, 0.2) is 41.5 Å². The lowest BCUT2D eigenvalue weighted by Gasteiger charge is -2.32. The van der Waals surface area contributed by atoms with Crippen LogP contribution in [0.2, 0.25) is 5.02 Å². The number of amidine groups is 1. The van der Waals surface area contributed by atoms with Crippen LogP contribution in [0.25, 0.3) is 0 Å². The summed E-state index contributed by atoms with van der Waals surface area (Å²) in [5.74, 6) is 2.35. The summed E-state index contributed by atoms with van der Waals surface area (Å²) in [6.45, 7) is 7.23. The van der Waals surface area contributed by atoms with Crippen LogP contribution in [-0.4, -0.2) is 40.1 Å². The van der Waals surface area contributed by atoms with Crippen LogP contribution in [0.3, 0.4) is 0 Å². The average Bonchev–Trinajstić information content (AvgIpc) is 3.30. The standard InChI is InChI=1S/C22H26ClN3O2S/c1-4-15-13-29-22-25-19(17-9-7-8-10-24-17)20(26(15)22)14-11-16(23)21(28-6-3)18(12-14)27-5-2/h7-12,15,19-20H,4-6,13H2,1-3H3/t15-,19+,20+/m0/s1. The first-order valence-electron chi connectivity index (χ1n) is 10.2. The monoisotopic (exact) mass is 431 g/mol. The van der Waals surface area contributed by atoms with Gasteiger partial charge in [0.2, 0.25) is 0 Å². The van der Waals surface area contributed by atoms with Gasteiger partial charge in [-0.2, -0.15) is 0 Å². The Morgan fingerprint density at radius 1 is 1.17 bits per heavy atom. The first kappa shape index (κ1) is 20.4. The Morgan fingerprint density at radius 3 is 2.69 bits per heavy atom. The van der Waals surface area contributed by atoms with E-state index in [9.17, 15) is 0 Å². The van der Waals surface area contributed by atoms with Crippen molar-refractivity contribution in [2.45, 2.75) is 45.3 Å². The lowest BCUT2D eigenvalue weighted by Crippen LogP contribution is -2.35. The number of aliphatic imine (C=N–C) groups is 1. The van der Waals surface area contributed by atoms with E-state index in [0.29, 0.717) is 35.8 Å². The SMILES string of the molecule is CCOc1cc([C@@H]2[C@@H](c3ccccn3)N=C3SC[C@H](CC)N32)cc(Cl)c1OCC. The molecule has 0 N–H and O–H groups in total. The minimum Gasteiger partial charge on any atom is -0.490 e. The number of pyridine rings is 1. The van der Waals surface area contributed by atoms with E-state index in [1.807, 2.05) is 50.0 Å². The molecular weight excluding hydrogens is 406 g/mol. The molecular formula is C22H26ClN3O2S. The average molecular weight is 432 g/mol. The molecule has 0 bridgehead atoms. The summed E-state index contributed by atoms with van der Waals surface area (Å²) >= 11 is 8.48. The number of aromatic nitrogens is 1. The highest BCUT2D eigenvalue weighted by Gasteiger charge is 2.45. The Bertz CT molecular complexity index is 893. The second-order valence-corrected chi connectivity index (χ2v) is 8.43. The van der Waals surface area contributed by atoms with E-state index < -0.39 is 0 Å². The third kappa shape index (κ3) is 3.80. The zero-order chi connectivity index (χ0) is 20.4. The summed E-state index contributed by atoms with van der Waals surface area (Å²) in [5, 5.41) is 1.67. The normalized spacial score (nSPS) is 23.1. The Labute approximate surface area is 181 Å². The van der Waals surface area contributed by atoms with Crippen molar-refractivity contribution in [1.29, 1.82) is 0 Å². The molecule has 154 valence electrons. The number of nitrogens with zero attached hydrogens (tertiary/aromatic N) is 3. The maximum absolute atomic E-state index is 6.65. The number of rotatable bonds is 7. The predicted molar refractivity (Wildman–Crippen MR) is 119 cm³/mol. The van der Waals surface area contributed by atoms with Gasteiger partial charge in [0.15, 0.2) is 16.7 Å². The van der Waals surface area contributed by atoms with Gasteiger partial charge < -0.3 is 14.4 Å². The molecule has 0 saturated carbocycles. The Hall–Kier alpha value is -1.92. The van der Waals surface area contributed by atoms with Crippen molar-refractivity contribution in [3.05, 3.63) is 52.8 Å². The molecule has 3 atom stereocenters. The summed E-state index contributed by atoms with van der Waals surface area (Å²) in [5.41, 5.74) is 2.05. The molecule has 1 aromatic carbocycles. The molecule has 0 unspecified atom stereocenters. The highest BCUT2D eigenvalue weighted by Crippen LogP contribution is 2.50. The van der Waals surface area contributed by atoms with Crippen LogP contribution in [0.5, 0.6) is 11.5 Å². The van der Waals surface area contributed by atoms with Crippen molar-refractivity contribution in [3.63, 3.8) is 0 Å². The Morgan fingerprint density at radius 2 is 2.00 bits per heavy atom. The molecule has 2 aromatic rings. The van der Waals surface area contributed by atoms with Gasteiger partial charge in [0.05, 0.1) is 30.0 Å². The van der Waals surface area contributed by atoms with E-state index in [1.165, 1.54) is 0 Å². The lowest BCUT2D eigenvalue weighted by atomic mass is 9.95. The van der Waals surface area contributed by atoms with Gasteiger partial charge in [-0.15, -0.1) is 0 Å². The van der Waals surface area contributed by atoms with Crippen molar-refractivity contribution in [1.82, 2.24) is 9.88 Å². The molecule has 29 heavy (non-hydrogen) atoms. The van der Waals surface area contributed by atoms with Gasteiger partial charge in [-0.3, -0.25) is 9.98 Å². The highest BCUT2D eigenvalue weighted by atomic mass is 35.5. The van der Waals surface area contributed by atoms with Gasteiger partial charge in [-0.25, -0.2) is 0 Å². The fourth-order valence-corrected chi connectivity index (χ4v) is 5.63. The second-order valence-electron chi connectivity index (χ2n) is 7.03. The van der Waals surface area contributed by atoms with Crippen LogP contribution < -0.4 is 9.47 Å². The van der Waals surface area contributed by atoms with Crippen LogP contribution in [0, 0.1) is 0 Å². The maximum atomic E-state index is 6.65. The molecule has 0 radical (unpaired) electrons. The van der Waals surface area contributed by atoms with Crippen molar-refractivity contribution < 1.29 is 9.47 Å². The zero-order valence-electron chi connectivity index (χ0n) is 17.0. The van der Waals surface area contributed by atoms with Gasteiger partial charge >= 0.3 is 0 Å². The van der Waals surface area contributed by atoms with Crippen LogP contribution in [0.1, 0.15) is 50.5 Å². The zero-order valence-corrected chi connectivity index (χ0v) is 18.5. The molecule has 0 amide bonds. The topological polar surface area (TPSA) is 47.0 Å². The molecule has 2 aliphatic heterocycles. The van der Waals surface area contributed by atoms with Crippen LogP contribution >= 0.6 is 23.4 Å². The molecule has 7 heteroatoms. The third-order valence-corrected chi connectivity index (χ3v) is 6.70. The highest BCUT2D eigenvalue weighted by molar-refractivity contribution is 8.14. The Balaban J connectivity index is 1.81. The number of halogens is 1. The number of hydrogen-bond acceptors (Lipinski definition) is 6. The minimum absolute atomic E-state index is 0.0345. The number of thioether (sulfide) groups is 1. The summed E-state index contributed by atoms with van der Waals surface area (Å²) in [6, 6.07) is 10.5. The first-order chi connectivity index (χ1) is 14.2. The van der Waals surface area contributed by atoms with E-state index in [4.69, 9.17) is 26.1 Å². The fourth-order valence-electron chi connectivity index (χ4n) is 4.02. The number of ether oxygens (including phenoxy) is 2. The smallest absolute Gasteiger partial charge is 0.179 e. The van der Waals surface area contributed by atoms with Crippen LogP contribution in [-0.2, 0) is 0 Å². The fraction of sp³-hybridized carbons (Fsp3) is 0.455. The van der Waals surface area contributed by atoms with Crippen molar-refractivity contribution in [2.24, 2.45) is 4.99 Å². The molecule has 3 heterocycles. The van der Waals surface area contributed by atoms with E-state index in [2.05, 4.69) is 28.9 Å². The van der Waals surface area contributed by atoms with Crippen molar-refractivity contribution >= 4 is 28.5 Å². The van der Waals surface area contributed by atoms with Crippen molar-refractivity contribution in [3.8, 4) is 11.5 Å². The summed E-state index contributed by atoms with van der Waals surface area (Å²) < 4.78 is 11.7. The summed E-state index contributed by atoms with van der Waals surface area (Å²) in [7, 11) is 0. The summed E-state index contributed by atoms with van der Waals surface area (Å²) in [4.78, 5) is 12.1. The molecule has 4 rings (SSSR count). The van der Waals surface area contributed by atoms with E-state index >= 15 is 0 Å². The van der Waals surface area contributed by atoms with E-state index in [1.54, 1.807) is 0 Å². The summed E-state index contributed by atoms with van der Waals surface area (Å²) in [6.07, 6.45) is 2.90. The third-order valence-electron chi connectivity index (χ3n) is 5.29. The molecule has 5 nitrogen and oxygen atoms in total. The molecule has 0 aliphatic carbocycles. The Kier molecular flexibility index (Phi) is 6.20. The largest absolute Gasteiger partial charge is 0.490 e. The van der Waals surface area contributed by atoms with E-state index in [0.717, 1.165) is 28.6 Å². The van der Waals surface area contributed by atoms with Gasteiger partial charge in [-0.1, -0.05) is 36.4 Å². The number of hydrogen-bond donors (Lipinski definition) is 0. The van der Waals surface area contributed by atoms with Gasteiger partial charge in [0.25, 0.3) is 0 Å². The first-order valence-corrected chi connectivity index (χ1v) is 11.5. The molecule has 1 aromatic heterocycles. The number of fused-ring (bicyclic) bond motifs is 1. The number of benzene rings is 1. The molecule has 0 spiro atoms. The van der Waals surface area contributed by atoms with Gasteiger partial charge in [-0.05, 0) is 50.1 Å².